The number of amides is 2. The smallest absolute Gasteiger partial charge is 0.281 e. The predicted octanol–water partition coefficient (Wildman–Crippen LogP) is 4.83. The molecule has 208 valence electrons. The Morgan fingerprint density at radius 1 is 0.850 bits per heavy atom. The third-order valence-corrected chi connectivity index (χ3v) is 6.42. The fourth-order valence-electron chi connectivity index (χ4n) is 4.28. The summed E-state index contributed by atoms with van der Waals surface area (Å²) in [5.74, 6) is -2.86. The summed E-state index contributed by atoms with van der Waals surface area (Å²) in [5.41, 5.74) is 3.38. The number of nitrogens with one attached hydrogen (secondary N) is 1. The molecule has 4 N–H and O–H groups in total. The van der Waals surface area contributed by atoms with Crippen LogP contribution in [0.1, 0.15) is 47.2 Å². The van der Waals surface area contributed by atoms with E-state index < -0.39 is 17.7 Å². The highest BCUT2D eigenvalue weighted by atomic mass is 16.5. The van der Waals surface area contributed by atoms with E-state index in [0.29, 0.717) is 30.6 Å². The average molecular weight is 545 g/mol. The van der Waals surface area contributed by atoms with Gasteiger partial charge in [-0.2, -0.15) is 0 Å². The molecule has 1 aromatic heterocycles. The molecule has 9 nitrogen and oxygen atoms in total. The van der Waals surface area contributed by atoms with Crippen molar-refractivity contribution >= 4 is 11.8 Å². The number of hydroxylamine groups is 1. The molecule has 0 spiro atoms. The Kier molecular flexibility index (Phi) is 9.69. The number of rotatable bonds is 13. The zero-order chi connectivity index (χ0) is 28.4. The largest absolute Gasteiger partial charge is 0.493 e. The predicted molar refractivity (Wildman–Crippen MR) is 147 cm³/mol. The van der Waals surface area contributed by atoms with Crippen LogP contribution in [0.4, 0.5) is 0 Å². The summed E-state index contributed by atoms with van der Waals surface area (Å²) < 4.78 is 11.3. The minimum atomic E-state index is -2.71. The summed E-state index contributed by atoms with van der Waals surface area (Å²) in [4.78, 5) is 25.9. The molecule has 0 unspecified atom stereocenters. The SMILES string of the molecule is O=C(CCCCCOc1ccccc1C(O)(O)N(Cc1ccccc1)C(=O)c1ccc(-c2ccco2)cc1)NO. The van der Waals surface area contributed by atoms with Crippen molar-refractivity contribution in [3.8, 4) is 17.1 Å². The van der Waals surface area contributed by atoms with Gasteiger partial charge in [-0.05, 0) is 61.2 Å². The molecule has 0 aliphatic carbocycles. The Labute approximate surface area is 232 Å². The Morgan fingerprint density at radius 3 is 2.27 bits per heavy atom. The second-order valence-electron chi connectivity index (χ2n) is 9.26. The van der Waals surface area contributed by atoms with Crippen LogP contribution in [0.5, 0.6) is 5.75 Å². The first-order valence-corrected chi connectivity index (χ1v) is 13.0. The van der Waals surface area contributed by atoms with E-state index in [9.17, 15) is 19.8 Å². The lowest BCUT2D eigenvalue weighted by Gasteiger charge is -2.36. The van der Waals surface area contributed by atoms with Crippen molar-refractivity contribution in [2.24, 2.45) is 0 Å². The van der Waals surface area contributed by atoms with Gasteiger partial charge >= 0.3 is 0 Å². The second-order valence-corrected chi connectivity index (χ2v) is 9.26. The molecule has 1 heterocycles. The molecule has 4 rings (SSSR count). The Hall–Kier alpha value is -4.44. The maximum Gasteiger partial charge on any atom is 0.281 e. The average Bonchev–Trinajstić information content (AvgIpc) is 3.53. The molecule has 0 radical (unpaired) electrons. The number of carbonyl (C=O) groups excluding carboxylic acids is 2. The van der Waals surface area contributed by atoms with E-state index >= 15 is 0 Å². The first kappa shape index (κ1) is 28.6. The highest BCUT2D eigenvalue weighted by Gasteiger charge is 2.40. The quantitative estimate of drug-likeness (QED) is 0.0820. The molecular formula is C31H32N2O7. The molecule has 0 aliphatic rings. The molecule has 9 heteroatoms. The van der Waals surface area contributed by atoms with Gasteiger partial charge in [0.25, 0.3) is 11.8 Å². The number of nitrogens with zero attached hydrogens (tertiary/aromatic N) is 1. The van der Waals surface area contributed by atoms with Gasteiger partial charge in [-0.15, -0.1) is 0 Å². The van der Waals surface area contributed by atoms with Crippen LogP contribution in [0.25, 0.3) is 11.3 Å². The highest BCUT2D eigenvalue weighted by Crippen LogP contribution is 2.34. The number of furan rings is 1. The summed E-state index contributed by atoms with van der Waals surface area (Å²) >= 11 is 0. The number of hydrogen-bond acceptors (Lipinski definition) is 7. The van der Waals surface area contributed by atoms with Crippen LogP contribution in [-0.4, -0.2) is 38.7 Å². The lowest BCUT2D eigenvalue weighted by atomic mass is 10.0. The van der Waals surface area contributed by atoms with Gasteiger partial charge in [0, 0.05) is 17.5 Å². The number of unbranched alkanes of at least 4 members (excludes halogenated alkanes) is 2. The fraction of sp³-hybridized carbons (Fsp3) is 0.226. The number of para-hydroxylation sites is 1. The van der Waals surface area contributed by atoms with Crippen molar-refractivity contribution in [1.29, 1.82) is 0 Å². The van der Waals surface area contributed by atoms with Crippen molar-refractivity contribution in [2.45, 2.75) is 38.1 Å². The van der Waals surface area contributed by atoms with Gasteiger partial charge in [0.15, 0.2) is 0 Å². The van der Waals surface area contributed by atoms with Gasteiger partial charge in [-0.25, -0.2) is 5.48 Å². The van der Waals surface area contributed by atoms with E-state index in [1.165, 1.54) is 6.07 Å². The van der Waals surface area contributed by atoms with Crippen molar-refractivity contribution < 1.29 is 34.2 Å². The van der Waals surface area contributed by atoms with Crippen LogP contribution in [0, 0.1) is 0 Å². The van der Waals surface area contributed by atoms with Gasteiger partial charge in [-0.1, -0.05) is 54.6 Å². The zero-order valence-corrected chi connectivity index (χ0v) is 21.9. The van der Waals surface area contributed by atoms with Crippen molar-refractivity contribution in [3.63, 3.8) is 0 Å². The molecular weight excluding hydrogens is 512 g/mol. The number of hydrogen-bond donors (Lipinski definition) is 4. The monoisotopic (exact) mass is 544 g/mol. The van der Waals surface area contributed by atoms with Crippen molar-refractivity contribution in [2.75, 3.05) is 6.61 Å². The summed E-state index contributed by atoms with van der Waals surface area (Å²) in [7, 11) is 0. The van der Waals surface area contributed by atoms with Gasteiger partial charge < -0.3 is 19.4 Å². The molecule has 0 aliphatic heterocycles. The molecule has 3 aromatic carbocycles. The number of ether oxygens (including phenoxy) is 1. The number of benzene rings is 3. The van der Waals surface area contributed by atoms with E-state index in [1.807, 2.05) is 24.3 Å². The third-order valence-electron chi connectivity index (χ3n) is 6.42. The van der Waals surface area contributed by atoms with Crippen LogP contribution < -0.4 is 10.2 Å². The van der Waals surface area contributed by atoms with Crippen LogP contribution in [0.2, 0.25) is 0 Å². The molecule has 0 atom stereocenters. The van der Waals surface area contributed by atoms with E-state index in [0.717, 1.165) is 10.5 Å². The van der Waals surface area contributed by atoms with Gasteiger partial charge in [0.2, 0.25) is 5.91 Å². The first-order valence-electron chi connectivity index (χ1n) is 13.0. The molecule has 0 bridgehead atoms. The van der Waals surface area contributed by atoms with Crippen LogP contribution in [0.3, 0.4) is 0 Å². The molecule has 40 heavy (non-hydrogen) atoms. The van der Waals surface area contributed by atoms with Gasteiger partial charge in [0.05, 0.1) is 25.0 Å². The van der Waals surface area contributed by atoms with E-state index in [1.54, 1.807) is 72.4 Å². The number of aliphatic hydroxyl groups is 2. The maximum atomic E-state index is 13.8. The van der Waals surface area contributed by atoms with Crippen molar-refractivity contribution in [3.05, 3.63) is 114 Å². The number of carbonyl (C=O) groups is 2. The summed E-state index contributed by atoms with van der Waals surface area (Å²) in [6, 6.07) is 25.8. The standard InChI is InChI=1S/C31H32N2O7/c34-29(32-38)15-5-2-8-20-40-28-13-7-6-12-26(28)31(36,37)33(22-23-10-3-1-4-11-23)30(35)25-18-16-24(17-19-25)27-14-9-21-39-27/h1,3-4,6-7,9-14,16-19,21,36-38H,2,5,8,15,20,22H2,(H,32,34). The van der Waals surface area contributed by atoms with Gasteiger partial charge in [0.1, 0.15) is 11.5 Å². The Morgan fingerprint density at radius 2 is 1.57 bits per heavy atom. The minimum absolute atomic E-state index is 0.0196. The Bertz CT molecular complexity index is 1370. The topological polar surface area (TPSA) is 132 Å². The van der Waals surface area contributed by atoms with E-state index in [4.69, 9.17) is 14.4 Å². The Balaban J connectivity index is 1.56. The molecule has 0 saturated carbocycles. The van der Waals surface area contributed by atoms with Crippen LogP contribution in [0.15, 0.2) is 102 Å². The summed E-state index contributed by atoms with van der Waals surface area (Å²) in [5, 5.41) is 31.7. The zero-order valence-electron chi connectivity index (χ0n) is 21.9. The van der Waals surface area contributed by atoms with E-state index in [2.05, 4.69) is 0 Å². The maximum absolute atomic E-state index is 13.8. The molecule has 2 amide bonds. The summed E-state index contributed by atoms with van der Waals surface area (Å²) in [6.07, 6.45) is 3.61. The lowest BCUT2D eigenvalue weighted by Crippen LogP contribution is -2.49. The van der Waals surface area contributed by atoms with Gasteiger partial charge in [-0.3, -0.25) is 19.7 Å². The molecule has 4 aromatic rings. The minimum Gasteiger partial charge on any atom is -0.493 e. The lowest BCUT2D eigenvalue weighted by molar-refractivity contribution is -0.259. The van der Waals surface area contributed by atoms with Crippen LogP contribution in [-0.2, 0) is 17.3 Å². The third kappa shape index (κ3) is 7.15. The summed E-state index contributed by atoms with van der Waals surface area (Å²) in [6.45, 7) is 0.183. The van der Waals surface area contributed by atoms with Crippen molar-refractivity contribution in [1.82, 2.24) is 10.4 Å². The molecule has 0 fully saturated rings. The van der Waals surface area contributed by atoms with Crippen LogP contribution >= 0.6 is 0 Å². The second kappa shape index (κ2) is 13.6. The molecule has 0 saturated heterocycles. The normalized spacial score (nSPS) is 11.2. The highest BCUT2D eigenvalue weighted by molar-refractivity contribution is 5.95. The first-order chi connectivity index (χ1) is 19.4. The fourth-order valence-corrected chi connectivity index (χ4v) is 4.28. The van der Waals surface area contributed by atoms with E-state index in [-0.39, 0.29) is 36.4 Å².